The van der Waals surface area contributed by atoms with Crippen LogP contribution in [0.2, 0.25) is 0 Å². The van der Waals surface area contributed by atoms with E-state index in [9.17, 15) is 24.0 Å². The van der Waals surface area contributed by atoms with E-state index in [-0.39, 0.29) is 35.5 Å². The molecule has 3 atom stereocenters. The number of nitrogens with zero attached hydrogens (tertiary/aromatic N) is 3. The van der Waals surface area contributed by atoms with Crippen molar-refractivity contribution in [2.75, 3.05) is 38.2 Å². The third-order valence-corrected chi connectivity index (χ3v) is 8.36. The van der Waals surface area contributed by atoms with Crippen molar-refractivity contribution >= 4 is 46.0 Å². The Kier molecular flexibility index (Phi) is 9.65. The lowest BCUT2D eigenvalue weighted by Crippen LogP contribution is -2.50. The van der Waals surface area contributed by atoms with E-state index >= 15 is 0 Å². The number of hydrogen-bond donors (Lipinski definition) is 2. The van der Waals surface area contributed by atoms with Gasteiger partial charge in [-0.15, -0.1) is 11.3 Å². The number of ketones is 1. The fourth-order valence-electron chi connectivity index (χ4n) is 5.12. The van der Waals surface area contributed by atoms with Gasteiger partial charge in [-0.1, -0.05) is 56.3 Å². The molecule has 0 radical (unpaired) electrons. The fraction of sp³-hybridized carbons (Fsp3) is 0.355. The highest BCUT2D eigenvalue weighted by molar-refractivity contribution is 7.14. The highest BCUT2D eigenvalue weighted by Gasteiger charge is 2.47. The quantitative estimate of drug-likeness (QED) is 0.245. The molecule has 2 aliphatic heterocycles. The Balaban J connectivity index is 1.32. The number of amides is 5. The molecule has 13 heteroatoms. The molecule has 2 saturated heterocycles. The van der Waals surface area contributed by atoms with Crippen LogP contribution in [0.5, 0.6) is 5.75 Å². The van der Waals surface area contributed by atoms with Crippen LogP contribution < -0.4 is 15.4 Å². The summed E-state index contributed by atoms with van der Waals surface area (Å²) in [7, 11) is 0. The third kappa shape index (κ3) is 6.79. The minimum atomic E-state index is -1.21. The number of Topliss-reactive ketones (excluding diaryl/α,β-unsaturated/α-hetero) is 1. The van der Waals surface area contributed by atoms with Crippen molar-refractivity contribution in [2.24, 2.45) is 0 Å². The van der Waals surface area contributed by atoms with Crippen LogP contribution in [0.25, 0.3) is 0 Å². The second-order valence-electron chi connectivity index (χ2n) is 10.4. The number of carbonyl (C=O) groups is 5. The third-order valence-electron chi connectivity index (χ3n) is 7.60. The van der Waals surface area contributed by atoms with E-state index < -0.39 is 35.8 Å². The lowest BCUT2D eigenvalue weighted by Gasteiger charge is -2.29. The van der Waals surface area contributed by atoms with Gasteiger partial charge < -0.3 is 25.0 Å². The summed E-state index contributed by atoms with van der Waals surface area (Å²) in [5.41, 5.74) is 1.49. The van der Waals surface area contributed by atoms with Crippen molar-refractivity contribution in [3.63, 3.8) is 0 Å². The van der Waals surface area contributed by atoms with Crippen LogP contribution in [-0.2, 0) is 19.1 Å². The molecule has 0 bridgehead atoms. The lowest BCUT2D eigenvalue weighted by atomic mass is 9.91. The van der Waals surface area contributed by atoms with Crippen molar-refractivity contribution in [1.29, 1.82) is 0 Å². The van der Waals surface area contributed by atoms with Crippen LogP contribution in [0.15, 0.2) is 60.0 Å². The smallest absolute Gasteiger partial charge is 0.325 e. The number of morpholine rings is 1. The number of carbonyl (C=O) groups excluding carboxylic acids is 5. The average Bonchev–Trinajstić information content (AvgIpc) is 3.64. The lowest BCUT2D eigenvalue weighted by molar-refractivity contribution is -0.137. The van der Waals surface area contributed by atoms with Crippen molar-refractivity contribution in [3.05, 3.63) is 76.8 Å². The van der Waals surface area contributed by atoms with E-state index in [1.165, 1.54) is 0 Å². The van der Waals surface area contributed by atoms with E-state index in [1.807, 2.05) is 30.3 Å². The monoisotopic (exact) mass is 619 g/mol. The molecule has 230 valence electrons. The van der Waals surface area contributed by atoms with Crippen LogP contribution in [0.3, 0.4) is 0 Å². The van der Waals surface area contributed by atoms with Crippen molar-refractivity contribution in [2.45, 2.75) is 38.3 Å². The number of hydrogen-bond acceptors (Lipinski definition) is 9. The van der Waals surface area contributed by atoms with Gasteiger partial charge in [-0.2, -0.15) is 0 Å². The first kappa shape index (κ1) is 30.8. The number of thiazole rings is 1. The van der Waals surface area contributed by atoms with Crippen molar-refractivity contribution < 1.29 is 33.4 Å². The predicted octanol–water partition coefficient (Wildman–Crippen LogP) is 3.38. The standard InChI is InChI=1S/C31H33N5O7S/c1-3-24(37)23-18-44-30(32-23)34-28(39)27(19(2)20-7-5-4-6-8-20)36-29(40)26(33-31(36)41)21-9-11-22(12-10-21)43-17-25(38)35-13-15-42-16-14-35/h4-12,18-19,26-27H,3,13-17H2,1-2H3,(H,33,41)(H,32,34,39)/t19-,26+,27-/m0/s1. The first-order valence-electron chi connectivity index (χ1n) is 14.3. The molecule has 0 spiro atoms. The molecule has 3 heterocycles. The molecule has 2 aromatic carbocycles. The summed E-state index contributed by atoms with van der Waals surface area (Å²) in [6.07, 6.45) is 0.272. The number of urea groups is 1. The van der Waals surface area contributed by atoms with E-state index in [0.717, 1.165) is 21.8 Å². The summed E-state index contributed by atoms with van der Waals surface area (Å²) in [6, 6.07) is 12.7. The first-order valence-corrected chi connectivity index (χ1v) is 15.2. The first-order chi connectivity index (χ1) is 21.3. The largest absolute Gasteiger partial charge is 0.484 e. The highest BCUT2D eigenvalue weighted by Crippen LogP contribution is 2.32. The second kappa shape index (κ2) is 13.8. The summed E-state index contributed by atoms with van der Waals surface area (Å²) in [6.45, 7) is 5.39. The molecule has 5 amide bonds. The van der Waals surface area contributed by atoms with Gasteiger partial charge >= 0.3 is 6.03 Å². The van der Waals surface area contributed by atoms with Gasteiger partial charge in [-0.05, 0) is 23.3 Å². The normalized spacial score (nSPS) is 18.0. The Morgan fingerprint density at radius 1 is 1.09 bits per heavy atom. The molecule has 0 aliphatic carbocycles. The second-order valence-corrected chi connectivity index (χ2v) is 11.2. The fourth-order valence-corrected chi connectivity index (χ4v) is 5.83. The van der Waals surface area contributed by atoms with E-state index in [0.29, 0.717) is 37.6 Å². The number of imide groups is 1. The van der Waals surface area contributed by atoms with Crippen molar-refractivity contribution in [1.82, 2.24) is 20.1 Å². The summed E-state index contributed by atoms with van der Waals surface area (Å²) >= 11 is 1.09. The number of ether oxygens (including phenoxy) is 2. The zero-order valence-electron chi connectivity index (χ0n) is 24.4. The zero-order chi connectivity index (χ0) is 31.2. The molecule has 5 rings (SSSR count). The molecule has 2 fully saturated rings. The number of rotatable bonds is 11. The Labute approximate surface area is 258 Å². The molecule has 1 aromatic heterocycles. The van der Waals surface area contributed by atoms with Crippen molar-refractivity contribution in [3.8, 4) is 5.75 Å². The number of aromatic nitrogens is 1. The molecule has 0 unspecified atom stereocenters. The van der Waals surface area contributed by atoms with E-state index in [2.05, 4.69) is 15.6 Å². The minimum Gasteiger partial charge on any atom is -0.484 e. The SMILES string of the molecule is CCC(=O)c1csc(NC(=O)[C@H]([C@@H](C)c2ccccc2)N2C(=O)N[C@H](c3ccc(OCC(=O)N4CCOCC4)cc3)C2=O)n1. The molecule has 12 nitrogen and oxygen atoms in total. The van der Waals surface area contributed by atoms with Crippen LogP contribution in [-0.4, -0.2) is 83.3 Å². The van der Waals surface area contributed by atoms with Gasteiger partial charge in [-0.25, -0.2) is 14.7 Å². The molecule has 44 heavy (non-hydrogen) atoms. The Bertz CT molecular complexity index is 1520. The molecular formula is C31H33N5O7S. The Morgan fingerprint density at radius 3 is 2.48 bits per heavy atom. The maximum atomic E-state index is 13.8. The zero-order valence-corrected chi connectivity index (χ0v) is 25.2. The molecule has 2 N–H and O–H groups in total. The van der Waals surface area contributed by atoms with Gasteiger partial charge in [0.15, 0.2) is 17.5 Å². The Morgan fingerprint density at radius 2 is 1.80 bits per heavy atom. The van der Waals surface area contributed by atoms with Crippen LogP contribution >= 0.6 is 11.3 Å². The number of anilines is 1. The summed E-state index contributed by atoms with van der Waals surface area (Å²) in [5, 5.41) is 7.17. The predicted molar refractivity (Wildman–Crippen MR) is 161 cm³/mol. The minimum absolute atomic E-state index is 0.131. The van der Waals surface area contributed by atoms with Crippen LogP contribution in [0.1, 0.15) is 53.8 Å². The van der Waals surface area contributed by atoms with Crippen LogP contribution in [0.4, 0.5) is 9.93 Å². The average molecular weight is 620 g/mol. The van der Waals surface area contributed by atoms with E-state index in [4.69, 9.17) is 9.47 Å². The number of nitrogens with one attached hydrogen (secondary N) is 2. The van der Waals surface area contributed by atoms with Crippen LogP contribution in [0, 0.1) is 0 Å². The van der Waals surface area contributed by atoms with Gasteiger partial charge in [0.2, 0.25) is 5.91 Å². The maximum absolute atomic E-state index is 13.8. The molecular weight excluding hydrogens is 586 g/mol. The maximum Gasteiger partial charge on any atom is 0.325 e. The summed E-state index contributed by atoms with van der Waals surface area (Å²) < 4.78 is 10.9. The van der Waals surface area contributed by atoms with Gasteiger partial charge in [0.1, 0.15) is 23.5 Å². The molecule has 3 aromatic rings. The number of benzene rings is 2. The summed E-state index contributed by atoms with van der Waals surface area (Å²) in [5.74, 6) is -1.63. The molecule has 0 saturated carbocycles. The summed E-state index contributed by atoms with van der Waals surface area (Å²) in [4.78, 5) is 72.1. The van der Waals surface area contributed by atoms with Gasteiger partial charge in [0.05, 0.1) is 13.2 Å². The van der Waals surface area contributed by atoms with Gasteiger partial charge in [0.25, 0.3) is 11.8 Å². The highest BCUT2D eigenvalue weighted by atomic mass is 32.1. The van der Waals surface area contributed by atoms with Gasteiger partial charge in [0, 0.05) is 30.8 Å². The van der Waals surface area contributed by atoms with E-state index in [1.54, 1.807) is 48.4 Å². The van der Waals surface area contributed by atoms with Gasteiger partial charge in [-0.3, -0.25) is 19.2 Å². The topological polar surface area (TPSA) is 147 Å². The molecule has 2 aliphatic rings. The Hall–Kier alpha value is -4.62.